The van der Waals surface area contributed by atoms with Crippen LogP contribution in [-0.4, -0.2) is 46.4 Å². The van der Waals surface area contributed by atoms with Crippen molar-refractivity contribution in [2.75, 3.05) is 33.1 Å². The summed E-state index contributed by atoms with van der Waals surface area (Å²) in [6, 6.07) is 9.28. The maximum Gasteiger partial charge on any atom is 0.243 e. The quantitative estimate of drug-likeness (QED) is 0.755. The number of carbonyl (C=O) groups is 1. The van der Waals surface area contributed by atoms with Crippen LogP contribution < -0.4 is 14.8 Å². The molecule has 0 atom stereocenters. The molecule has 1 amide bonds. The summed E-state index contributed by atoms with van der Waals surface area (Å²) in [5, 5.41) is 3.03. The van der Waals surface area contributed by atoms with Crippen molar-refractivity contribution in [3.05, 3.63) is 47.0 Å². The van der Waals surface area contributed by atoms with Crippen LogP contribution in [0.25, 0.3) is 0 Å². The molecule has 0 fully saturated rings. The topological polar surface area (TPSA) is 84.9 Å². The second-order valence-electron chi connectivity index (χ2n) is 5.79. The zero-order chi connectivity index (χ0) is 20.2. The lowest BCUT2D eigenvalue weighted by Gasteiger charge is -2.18. The number of nitrogens with one attached hydrogen (secondary N) is 1. The predicted octanol–water partition coefficient (Wildman–Crippen LogP) is 2.92. The van der Waals surface area contributed by atoms with E-state index in [4.69, 9.17) is 21.1 Å². The highest BCUT2D eigenvalue weighted by Gasteiger charge is 2.24. The fourth-order valence-corrected chi connectivity index (χ4v) is 3.83. The number of halogens is 1. The van der Waals surface area contributed by atoms with Gasteiger partial charge in [-0.1, -0.05) is 11.6 Å². The minimum absolute atomic E-state index is 0.0800. The van der Waals surface area contributed by atoms with Crippen molar-refractivity contribution in [3.63, 3.8) is 0 Å². The van der Waals surface area contributed by atoms with Gasteiger partial charge < -0.3 is 14.8 Å². The van der Waals surface area contributed by atoms with Crippen LogP contribution in [0.1, 0.15) is 5.56 Å². The summed E-state index contributed by atoms with van der Waals surface area (Å²) in [6.07, 6.45) is 0. The van der Waals surface area contributed by atoms with Gasteiger partial charge in [-0.05, 0) is 48.9 Å². The minimum atomic E-state index is -3.84. The van der Waals surface area contributed by atoms with Crippen molar-refractivity contribution in [2.45, 2.75) is 11.8 Å². The lowest BCUT2D eigenvalue weighted by molar-refractivity contribution is -0.116. The van der Waals surface area contributed by atoms with E-state index in [0.29, 0.717) is 27.8 Å². The molecular formula is C18H21ClN2O5S. The van der Waals surface area contributed by atoms with E-state index in [9.17, 15) is 13.2 Å². The number of amides is 1. The lowest BCUT2D eigenvalue weighted by Crippen LogP contribution is -2.35. The van der Waals surface area contributed by atoms with Gasteiger partial charge in [-0.2, -0.15) is 4.31 Å². The molecule has 1 N–H and O–H groups in total. The van der Waals surface area contributed by atoms with Crippen molar-refractivity contribution in [1.82, 2.24) is 4.31 Å². The van der Waals surface area contributed by atoms with Crippen molar-refractivity contribution in [2.24, 2.45) is 0 Å². The van der Waals surface area contributed by atoms with Gasteiger partial charge in [0.1, 0.15) is 11.5 Å². The number of rotatable bonds is 7. The van der Waals surface area contributed by atoms with Gasteiger partial charge in [-0.25, -0.2) is 8.42 Å². The van der Waals surface area contributed by atoms with Crippen molar-refractivity contribution in [1.29, 1.82) is 0 Å². The Balaban J connectivity index is 2.16. The minimum Gasteiger partial charge on any atom is -0.496 e. The zero-order valence-corrected chi connectivity index (χ0v) is 17.0. The summed E-state index contributed by atoms with van der Waals surface area (Å²) < 4.78 is 36.7. The molecule has 0 saturated heterocycles. The maximum absolute atomic E-state index is 12.7. The first-order valence-corrected chi connectivity index (χ1v) is 9.75. The van der Waals surface area contributed by atoms with Crippen molar-refractivity contribution in [3.8, 4) is 11.5 Å². The van der Waals surface area contributed by atoms with E-state index in [-0.39, 0.29) is 11.4 Å². The number of carbonyl (C=O) groups excluding carboxylic acids is 1. The molecule has 2 aromatic rings. The molecule has 0 bridgehead atoms. The molecule has 0 unspecified atom stereocenters. The Kier molecular flexibility index (Phi) is 6.69. The average molecular weight is 413 g/mol. The van der Waals surface area contributed by atoms with E-state index in [1.807, 2.05) is 0 Å². The summed E-state index contributed by atoms with van der Waals surface area (Å²) >= 11 is 5.93. The number of aryl methyl sites for hydroxylation is 1. The van der Waals surface area contributed by atoms with E-state index in [1.165, 1.54) is 39.5 Å². The number of anilines is 1. The number of ether oxygens (including phenoxy) is 2. The zero-order valence-electron chi connectivity index (χ0n) is 15.4. The fourth-order valence-electron chi connectivity index (χ4n) is 2.45. The predicted molar refractivity (Wildman–Crippen MR) is 104 cm³/mol. The molecular weight excluding hydrogens is 392 g/mol. The third-order valence-electron chi connectivity index (χ3n) is 3.88. The molecule has 0 aliphatic heterocycles. The first-order valence-electron chi connectivity index (χ1n) is 7.93. The molecule has 0 spiro atoms. The molecule has 0 saturated carbocycles. The molecule has 2 rings (SSSR count). The number of hydrogen-bond acceptors (Lipinski definition) is 5. The Morgan fingerprint density at radius 2 is 1.74 bits per heavy atom. The van der Waals surface area contributed by atoms with Gasteiger partial charge in [0.2, 0.25) is 15.9 Å². The summed E-state index contributed by atoms with van der Waals surface area (Å²) in [4.78, 5) is 12.4. The second-order valence-corrected chi connectivity index (χ2v) is 8.27. The largest absolute Gasteiger partial charge is 0.496 e. The van der Waals surface area contributed by atoms with E-state index >= 15 is 0 Å². The maximum atomic E-state index is 12.7. The monoisotopic (exact) mass is 412 g/mol. The molecule has 0 radical (unpaired) electrons. The molecule has 0 aromatic heterocycles. The van der Waals surface area contributed by atoms with Gasteiger partial charge in [0.25, 0.3) is 0 Å². The van der Waals surface area contributed by atoms with E-state index in [2.05, 4.69) is 5.32 Å². The number of hydrogen-bond donors (Lipinski definition) is 1. The van der Waals surface area contributed by atoms with Gasteiger partial charge in [0.15, 0.2) is 0 Å². The Labute approximate surface area is 163 Å². The van der Waals surface area contributed by atoms with E-state index in [0.717, 1.165) is 4.31 Å². The number of likely N-dealkylation sites (N-methyl/N-ethyl adjacent to an activating group) is 1. The lowest BCUT2D eigenvalue weighted by atomic mass is 10.2. The fraction of sp³-hybridized carbons (Fsp3) is 0.278. The Morgan fingerprint density at radius 3 is 2.33 bits per heavy atom. The van der Waals surface area contributed by atoms with Crippen LogP contribution in [0.15, 0.2) is 41.3 Å². The van der Waals surface area contributed by atoms with Gasteiger partial charge in [-0.3, -0.25) is 4.79 Å². The molecule has 0 heterocycles. The highest BCUT2D eigenvalue weighted by atomic mass is 35.5. The standard InChI is InChI=1S/C18H21ClN2O5S/c1-12-9-14(6-8-16(12)25-3)27(23,24)21(2)11-18(22)20-15-10-13(19)5-7-17(15)26-4/h5-10H,11H2,1-4H3,(H,20,22). The summed E-state index contributed by atoms with van der Waals surface area (Å²) in [5.74, 6) is 0.485. The van der Waals surface area contributed by atoms with Crippen LogP contribution >= 0.6 is 11.6 Å². The summed E-state index contributed by atoms with van der Waals surface area (Å²) in [7, 11) is 0.470. The van der Waals surface area contributed by atoms with Crippen molar-refractivity contribution < 1.29 is 22.7 Å². The highest BCUT2D eigenvalue weighted by molar-refractivity contribution is 7.89. The molecule has 0 aliphatic carbocycles. The number of methoxy groups -OCH3 is 2. The van der Waals surface area contributed by atoms with Crippen LogP contribution in [-0.2, 0) is 14.8 Å². The van der Waals surface area contributed by atoms with Gasteiger partial charge in [-0.15, -0.1) is 0 Å². The molecule has 146 valence electrons. The second kappa shape index (κ2) is 8.60. The summed E-state index contributed by atoms with van der Waals surface area (Å²) in [6.45, 7) is 1.37. The number of sulfonamides is 1. The molecule has 2 aromatic carbocycles. The van der Waals surface area contributed by atoms with Gasteiger partial charge in [0, 0.05) is 12.1 Å². The number of benzene rings is 2. The van der Waals surface area contributed by atoms with E-state index < -0.39 is 15.9 Å². The first kappa shape index (κ1) is 21.0. The number of nitrogens with zero attached hydrogens (tertiary/aromatic N) is 1. The third-order valence-corrected chi connectivity index (χ3v) is 5.91. The van der Waals surface area contributed by atoms with Crippen molar-refractivity contribution >= 4 is 33.2 Å². The van der Waals surface area contributed by atoms with Crippen LogP contribution in [0.4, 0.5) is 5.69 Å². The molecule has 27 heavy (non-hydrogen) atoms. The van der Waals surface area contributed by atoms with Crippen LogP contribution in [0.3, 0.4) is 0 Å². The van der Waals surface area contributed by atoms with E-state index in [1.54, 1.807) is 25.1 Å². The Bertz CT molecular complexity index is 947. The van der Waals surface area contributed by atoms with Gasteiger partial charge >= 0.3 is 0 Å². The smallest absolute Gasteiger partial charge is 0.243 e. The first-order chi connectivity index (χ1) is 12.7. The average Bonchev–Trinajstić information content (AvgIpc) is 2.61. The third kappa shape index (κ3) is 4.91. The molecule has 9 heteroatoms. The van der Waals surface area contributed by atoms with Crippen LogP contribution in [0.2, 0.25) is 5.02 Å². The SMILES string of the molecule is COc1ccc(S(=O)(=O)N(C)CC(=O)Nc2cc(Cl)ccc2OC)cc1C. The summed E-state index contributed by atoms with van der Waals surface area (Å²) in [5.41, 5.74) is 1.04. The van der Waals surface area contributed by atoms with Gasteiger partial charge in [0.05, 0.1) is 31.3 Å². The Hall–Kier alpha value is -2.29. The molecule has 0 aliphatic rings. The Morgan fingerprint density at radius 1 is 1.11 bits per heavy atom. The normalized spacial score (nSPS) is 11.3. The van der Waals surface area contributed by atoms with Crippen LogP contribution in [0.5, 0.6) is 11.5 Å². The highest BCUT2D eigenvalue weighted by Crippen LogP contribution is 2.28. The van der Waals surface area contributed by atoms with Crippen LogP contribution in [0, 0.1) is 6.92 Å². The molecule has 7 nitrogen and oxygen atoms in total.